The molecule has 0 aliphatic carbocycles. The lowest BCUT2D eigenvalue weighted by atomic mass is 10.2. The monoisotopic (exact) mass is 277 g/mol. The fourth-order valence-corrected chi connectivity index (χ4v) is 1.67. The molecule has 1 aromatic heterocycles. The molecule has 5 nitrogen and oxygen atoms in total. The van der Waals surface area contributed by atoms with Gasteiger partial charge < -0.3 is 10.1 Å². The van der Waals surface area contributed by atoms with Crippen LogP contribution in [-0.4, -0.2) is 22.5 Å². The summed E-state index contributed by atoms with van der Waals surface area (Å²) in [4.78, 5) is 19.8. The molecule has 0 atom stereocenters. The first-order valence-corrected chi connectivity index (χ1v) is 6.09. The van der Waals surface area contributed by atoms with Gasteiger partial charge in [-0.25, -0.2) is 9.97 Å². The second-order valence-electron chi connectivity index (χ2n) is 3.61. The van der Waals surface area contributed by atoms with Gasteiger partial charge in [0, 0.05) is 6.07 Å². The molecule has 1 heterocycles. The number of carbonyl (C=O) groups excluding carboxylic acids is 1. The largest absolute Gasteiger partial charge is 0.493 e. The van der Waals surface area contributed by atoms with Crippen molar-refractivity contribution in [3.8, 4) is 5.75 Å². The molecule has 2 aromatic rings. The van der Waals surface area contributed by atoms with Gasteiger partial charge in [-0.1, -0.05) is 23.7 Å². The van der Waals surface area contributed by atoms with Crippen molar-refractivity contribution in [1.29, 1.82) is 0 Å². The summed E-state index contributed by atoms with van der Waals surface area (Å²) in [7, 11) is 0. The van der Waals surface area contributed by atoms with E-state index in [4.69, 9.17) is 16.3 Å². The fraction of sp³-hybridized carbons (Fsp3) is 0.154. The smallest absolute Gasteiger partial charge is 0.260 e. The summed E-state index contributed by atoms with van der Waals surface area (Å²) >= 11 is 5.73. The third-order valence-electron chi connectivity index (χ3n) is 2.31. The average Bonchev–Trinajstić information content (AvgIpc) is 2.39. The Bertz CT molecular complexity index is 590. The van der Waals surface area contributed by atoms with E-state index in [9.17, 15) is 4.79 Å². The first-order valence-electron chi connectivity index (χ1n) is 5.71. The van der Waals surface area contributed by atoms with Gasteiger partial charge in [-0.3, -0.25) is 4.79 Å². The summed E-state index contributed by atoms with van der Waals surface area (Å²) in [5.74, 6) is 0.567. The maximum Gasteiger partial charge on any atom is 0.260 e. The Morgan fingerprint density at radius 1 is 1.37 bits per heavy atom. The second-order valence-corrected chi connectivity index (χ2v) is 4.00. The number of halogens is 1. The van der Waals surface area contributed by atoms with E-state index in [1.807, 2.05) is 13.0 Å². The van der Waals surface area contributed by atoms with Gasteiger partial charge in [0.05, 0.1) is 12.2 Å². The van der Waals surface area contributed by atoms with Crippen molar-refractivity contribution in [2.45, 2.75) is 6.92 Å². The number of nitrogens with one attached hydrogen (secondary N) is 1. The number of aromatic nitrogens is 2. The summed E-state index contributed by atoms with van der Waals surface area (Å²) in [5, 5.41) is 2.91. The van der Waals surface area contributed by atoms with Crippen LogP contribution >= 0.6 is 11.6 Å². The van der Waals surface area contributed by atoms with Crippen molar-refractivity contribution < 1.29 is 9.53 Å². The Balaban J connectivity index is 2.20. The predicted octanol–water partition coefficient (Wildman–Crippen LogP) is 2.78. The third-order valence-corrected chi connectivity index (χ3v) is 2.51. The van der Waals surface area contributed by atoms with Gasteiger partial charge in [-0.05, 0) is 19.1 Å². The number of rotatable bonds is 4. The lowest BCUT2D eigenvalue weighted by molar-refractivity contribution is 0.102. The van der Waals surface area contributed by atoms with Gasteiger partial charge in [0.2, 0.25) is 0 Å². The van der Waals surface area contributed by atoms with E-state index in [1.54, 1.807) is 18.2 Å². The van der Waals surface area contributed by atoms with Gasteiger partial charge in [0.15, 0.2) is 0 Å². The van der Waals surface area contributed by atoms with Crippen LogP contribution in [0, 0.1) is 0 Å². The van der Waals surface area contributed by atoms with Gasteiger partial charge in [-0.2, -0.15) is 0 Å². The van der Waals surface area contributed by atoms with E-state index in [0.29, 0.717) is 23.7 Å². The molecule has 1 N–H and O–H groups in total. The van der Waals surface area contributed by atoms with E-state index in [2.05, 4.69) is 15.3 Å². The van der Waals surface area contributed by atoms with Crippen LogP contribution in [0.15, 0.2) is 36.7 Å². The molecule has 0 bridgehead atoms. The molecule has 0 saturated carbocycles. The molecular weight excluding hydrogens is 266 g/mol. The molecule has 98 valence electrons. The molecule has 0 saturated heterocycles. The maximum absolute atomic E-state index is 12.1. The van der Waals surface area contributed by atoms with Gasteiger partial charge in [-0.15, -0.1) is 0 Å². The summed E-state index contributed by atoms with van der Waals surface area (Å²) in [6, 6.07) is 8.48. The van der Waals surface area contributed by atoms with Crippen molar-refractivity contribution >= 4 is 23.3 Å². The highest BCUT2D eigenvalue weighted by Gasteiger charge is 2.12. The number of para-hydroxylation sites is 1. The molecule has 0 spiro atoms. The second kappa shape index (κ2) is 6.15. The van der Waals surface area contributed by atoms with Crippen LogP contribution < -0.4 is 10.1 Å². The lowest BCUT2D eigenvalue weighted by Gasteiger charge is -2.09. The SMILES string of the molecule is CCOc1ccccc1C(=O)Nc1cc(Cl)ncn1. The number of anilines is 1. The topological polar surface area (TPSA) is 64.1 Å². The van der Waals surface area contributed by atoms with Crippen molar-refractivity contribution in [2.75, 3.05) is 11.9 Å². The van der Waals surface area contributed by atoms with Crippen LogP contribution in [0.5, 0.6) is 5.75 Å². The number of ether oxygens (including phenoxy) is 1. The van der Waals surface area contributed by atoms with Crippen LogP contribution in [-0.2, 0) is 0 Å². The maximum atomic E-state index is 12.1. The Labute approximate surface area is 115 Å². The third kappa shape index (κ3) is 3.42. The first-order chi connectivity index (χ1) is 9.20. The molecule has 0 unspecified atom stereocenters. The molecule has 6 heteroatoms. The van der Waals surface area contributed by atoms with E-state index in [1.165, 1.54) is 12.4 Å². The summed E-state index contributed by atoms with van der Waals surface area (Å²) in [6.07, 6.45) is 1.28. The minimum atomic E-state index is -0.307. The number of benzene rings is 1. The average molecular weight is 278 g/mol. The predicted molar refractivity (Wildman–Crippen MR) is 72.6 cm³/mol. The number of carbonyl (C=O) groups is 1. The highest BCUT2D eigenvalue weighted by molar-refractivity contribution is 6.29. The Hall–Kier alpha value is -2.14. The van der Waals surface area contributed by atoms with Gasteiger partial charge in [0.1, 0.15) is 23.0 Å². The minimum absolute atomic E-state index is 0.267. The molecule has 0 aliphatic rings. The Kier molecular flexibility index (Phi) is 4.30. The molecule has 19 heavy (non-hydrogen) atoms. The molecule has 1 aromatic carbocycles. The van der Waals surface area contributed by atoms with Crippen LogP contribution in [0.2, 0.25) is 5.15 Å². The Morgan fingerprint density at radius 3 is 2.89 bits per heavy atom. The fourth-order valence-electron chi connectivity index (χ4n) is 1.52. The van der Waals surface area contributed by atoms with Crippen LogP contribution in [0.3, 0.4) is 0 Å². The molecule has 2 rings (SSSR count). The Morgan fingerprint density at radius 2 is 2.16 bits per heavy atom. The van der Waals surface area contributed by atoms with E-state index in [-0.39, 0.29) is 11.1 Å². The summed E-state index contributed by atoms with van der Waals surface area (Å²) < 4.78 is 5.40. The number of nitrogens with zero attached hydrogens (tertiary/aromatic N) is 2. The number of amides is 1. The first kappa shape index (κ1) is 13.3. The van der Waals surface area contributed by atoms with Gasteiger partial charge >= 0.3 is 0 Å². The minimum Gasteiger partial charge on any atom is -0.493 e. The molecule has 0 aliphatic heterocycles. The molecule has 0 radical (unpaired) electrons. The van der Waals surface area contributed by atoms with E-state index < -0.39 is 0 Å². The quantitative estimate of drug-likeness (QED) is 0.873. The van der Waals surface area contributed by atoms with Crippen LogP contribution in [0.25, 0.3) is 0 Å². The van der Waals surface area contributed by atoms with Crippen molar-refractivity contribution in [1.82, 2.24) is 9.97 Å². The zero-order valence-corrected chi connectivity index (χ0v) is 11.0. The highest BCUT2D eigenvalue weighted by atomic mass is 35.5. The zero-order valence-electron chi connectivity index (χ0n) is 10.3. The van der Waals surface area contributed by atoms with E-state index in [0.717, 1.165) is 0 Å². The molecular formula is C13H12ClN3O2. The lowest BCUT2D eigenvalue weighted by Crippen LogP contribution is -2.14. The number of hydrogen-bond acceptors (Lipinski definition) is 4. The molecule has 1 amide bonds. The normalized spacial score (nSPS) is 10.0. The zero-order chi connectivity index (χ0) is 13.7. The van der Waals surface area contributed by atoms with Crippen LogP contribution in [0.4, 0.5) is 5.82 Å². The van der Waals surface area contributed by atoms with Crippen molar-refractivity contribution in [3.05, 3.63) is 47.4 Å². The highest BCUT2D eigenvalue weighted by Crippen LogP contribution is 2.19. The van der Waals surface area contributed by atoms with Crippen molar-refractivity contribution in [2.24, 2.45) is 0 Å². The van der Waals surface area contributed by atoms with Crippen molar-refractivity contribution in [3.63, 3.8) is 0 Å². The summed E-state index contributed by atoms with van der Waals surface area (Å²) in [5.41, 5.74) is 0.444. The summed E-state index contributed by atoms with van der Waals surface area (Å²) in [6.45, 7) is 2.35. The van der Waals surface area contributed by atoms with Gasteiger partial charge in [0.25, 0.3) is 5.91 Å². The molecule has 0 fully saturated rings. The standard InChI is InChI=1S/C13H12ClN3O2/c1-2-19-10-6-4-3-5-9(10)13(18)17-12-7-11(14)15-8-16-12/h3-8H,2H2,1H3,(H,15,16,17,18). The number of hydrogen-bond donors (Lipinski definition) is 1. The van der Waals surface area contributed by atoms with E-state index >= 15 is 0 Å². The van der Waals surface area contributed by atoms with Crippen LogP contribution in [0.1, 0.15) is 17.3 Å².